The number of benzene rings is 4. The summed E-state index contributed by atoms with van der Waals surface area (Å²) in [6, 6.07) is 23.8. The first-order valence-corrected chi connectivity index (χ1v) is 11.3. The molecule has 0 unspecified atom stereocenters. The summed E-state index contributed by atoms with van der Waals surface area (Å²) in [5, 5.41) is 23.0. The lowest BCUT2D eigenvalue weighted by Gasteiger charge is -2.16. The second kappa shape index (κ2) is 10.3. The molecule has 0 saturated carbocycles. The van der Waals surface area contributed by atoms with Gasteiger partial charge in [0.05, 0.1) is 24.1 Å². The Morgan fingerprint density at radius 2 is 1.00 bits per heavy atom. The maximum Gasteiger partial charge on any atom is 0.270 e. The van der Waals surface area contributed by atoms with Crippen molar-refractivity contribution in [2.75, 3.05) is 14.2 Å². The highest BCUT2D eigenvalue weighted by atomic mass is 32.2. The third-order valence-electron chi connectivity index (χ3n) is 5.36. The van der Waals surface area contributed by atoms with Gasteiger partial charge in [-0.2, -0.15) is 0 Å². The summed E-state index contributed by atoms with van der Waals surface area (Å²) in [4.78, 5) is 23.6. The van der Waals surface area contributed by atoms with Crippen LogP contribution in [0.25, 0.3) is 22.3 Å². The molecule has 0 bridgehead atoms. The molecule has 9 heteroatoms. The lowest BCUT2D eigenvalue weighted by atomic mass is 10.0. The quantitative estimate of drug-likeness (QED) is 0.194. The predicted molar refractivity (Wildman–Crippen MR) is 134 cm³/mol. The fraction of sp³-hybridized carbons (Fsp3) is 0.0769. The molecule has 35 heavy (non-hydrogen) atoms. The van der Waals surface area contributed by atoms with Gasteiger partial charge in [-0.3, -0.25) is 20.2 Å². The topological polar surface area (TPSA) is 105 Å². The molecule has 0 atom stereocenters. The van der Waals surface area contributed by atoms with Crippen LogP contribution in [0.3, 0.4) is 0 Å². The molecular formula is C26H20N2O6S. The molecule has 0 saturated heterocycles. The van der Waals surface area contributed by atoms with Crippen molar-refractivity contribution in [1.82, 2.24) is 0 Å². The zero-order chi connectivity index (χ0) is 24.9. The Balaban J connectivity index is 1.91. The molecule has 0 N–H and O–H groups in total. The van der Waals surface area contributed by atoms with E-state index in [1.165, 1.54) is 36.0 Å². The van der Waals surface area contributed by atoms with Crippen LogP contribution < -0.4 is 9.47 Å². The number of hydrogen-bond acceptors (Lipinski definition) is 7. The van der Waals surface area contributed by atoms with Crippen molar-refractivity contribution < 1.29 is 19.3 Å². The Labute approximate surface area is 205 Å². The van der Waals surface area contributed by atoms with Gasteiger partial charge in [0.1, 0.15) is 11.5 Å². The highest BCUT2D eigenvalue weighted by Crippen LogP contribution is 2.46. The van der Waals surface area contributed by atoms with Crippen molar-refractivity contribution in [3.05, 3.63) is 105 Å². The van der Waals surface area contributed by atoms with E-state index in [2.05, 4.69) is 0 Å². The van der Waals surface area contributed by atoms with E-state index in [-0.39, 0.29) is 11.4 Å². The fourth-order valence-electron chi connectivity index (χ4n) is 3.71. The number of methoxy groups -OCH3 is 2. The summed E-state index contributed by atoms with van der Waals surface area (Å²) in [6.07, 6.45) is 0. The van der Waals surface area contributed by atoms with Crippen LogP contribution in [0.1, 0.15) is 0 Å². The van der Waals surface area contributed by atoms with Crippen molar-refractivity contribution in [2.45, 2.75) is 9.79 Å². The smallest absolute Gasteiger partial charge is 0.270 e. The average molecular weight is 489 g/mol. The SMILES string of the molecule is COc1ccccc1-c1cc([N+](=O)[O-])ccc1Sc1ccc([N+](=O)[O-])cc1-c1ccccc1OC. The van der Waals surface area contributed by atoms with Crippen molar-refractivity contribution >= 4 is 23.1 Å². The Hall–Kier alpha value is -4.37. The third kappa shape index (κ3) is 4.95. The lowest BCUT2D eigenvalue weighted by Crippen LogP contribution is -1.95. The summed E-state index contributed by atoms with van der Waals surface area (Å²) >= 11 is 1.35. The van der Waals surface area contributed by atoms with Crippen molar-refractivity contribution in [1.29, 1.82) is 0 Å². The van der Waals surface area contributed by atoms with Crippen LogP contribution in [0.2, 0.25) is 0 Å². The van der Waals surface area contributed by atoms with Gasteiger partial charge in [-0.15, -0.1) is 0 Å². The number of para-hydroxylation sites is 2. The van der Waals surface area contributed by atoms with Gasteiger partial charge < -0.3 is 9.47 Å². The summed E-state index contributed by atoms with van der Waals surface area (Å²) < 4.78 is 11.0. The molecule has 0 fully saturated rings. The first-order chi connectivity index (χ1) is 16.9. The van der Waals surface area contributed by atoms with Crippen molar-refractivity contribution in [3.63, 3.8) is 0 Å². The average Bonchev–Trinajstić information content (AvgIpc) is 2.88. The van der Waals surface area contributed by atoms with Gasteiger partial charge in [0.25, 0.3) is 11.4 Å². The van der Waals surface area contributed by atoms with Crippen LogP contribution in [-0.2, 0) is 0 Å². The van der Waals surface area contributed by atoms with E-state index >= 15 is 0 Å². The Bertz CT molecular complexity index is 1320. The minimum absolute atomic E-state index is 0.0519. The second-order valence-electron chi connectivity index (χ2n) is 7.38. The van der Waals surface area contributed by atoms with E-state index in [1.54, 1.807) is 38.5 Å². The van der Waals surface area contributed by atoms with Gasteiger partial charge in [0.2, 0.25) is 0 Å². The van der Waals surface area contributed by atoms with E-state index in [0.717, 1.165) is 9.79 Å². The molecule has 8 nitrogen and oxygen atoms in total. The largest absolute Gasteiger partial charge is 0.496 e. The zero-order valence-corrected chi connectivity index (χ0v) is 19.7. The number of hydrogen-bond donors (Lipinski definition) is 0. The molecule has 0 aromatic heterocycles. The molecule has 4 aromatic carbocycles. The van der Waals surface area contributed by atoms with Crippen molar-refractivity contribution in [3.8, 4) is 33.8 Å². The number of nitro groups is 2. The predicted octanol–water partition coefficient (Wildman–Crippen LogP) is 7.01. The Morgan fingerprint density at radius 3 is 1.37 bits per heavy atom. The number of nitrogens with zero attached hydrogens (tertiary/aromatic N) is 2. The molecule has 0 spiro atoms. The minimum atomic E-state index is -0.445. The molecule has 0 aliphatic carbocycles. The van der Waals surface area contributed by atoms with Gasteiger partial charge in [-0.1, -0.05) is 48.2 Å². The van der Waals surface area contributed by atoms with E-state index in [0.29, 0.717) is 33.8 Å². The summed E-state index contributed by atoms with van der Waals surface area (Å²) in [5.74, 6) is 1.15. The van der Waals surface area contributed by atoms with Crippen LogP contribution in [0.15, 0.2) is 94.7 Å². The minimum Gasteiger partial charge on any atom is -0.496 e. The second-order valence-corrected chi connectivity index (χ2v) is 8.46. The molecule has 0 heterocycles. The van der Waals surface area contributed by atoms with E-state index in [9.17, 15) is 20.2 Å². The first kappa shape index (κ1) is 23.8. The molecule has 0 aliphatic rings. The van der Waals surface area contributed by atoms with Crippen LogP contribution in [0.4, 0.5) is 11.4 Å². The van der Waals surface area contributed by atoms with Gasteiger partial charge in [-0.05, 0) is 24.3 Å². The van der Waals surface area contributed by atoms with E-state index in [4.69, 9.17) is 9.47 Å². The molecule has 0 amide bonds. The fourth-order valence-corrected chi connectivity index (χ4v) is 4.78. The monoisotopic (exact) mass is 488 g/mol. The normalized spacial score (nSPS) is 10.6. The Kier molecular flexibility index (Phi) is 6.98. The summed E-state index contributed by atoms with van der Waals surface area (Å²) in [5.41, 5.74) is 2.52. The van der Waals surface area contributed by atoms with E-state index in [1.807, 2.05) is 36.4 Å². The first-order valence-electron chi connectivity index (χ1n) is 10.4. The van der Waals surface area contributed by atoms with Gasteiger partial charge >= 0.3 is 0 Å². The number of ether oxygens (including phenoxy) is 2. The Morgan fingerprint density at radius 1 is 0.600 bits per heavy atom. The number of non-ortho nitro benzene ring substituents is 2. The molecule has 4 aromatic rings. The number of rotatable bonds is 8. The van der Waals surface area contributed by atoms with Crippen LogP contribution in [0.5, 0.6) is 11.5 Å². The van der Waals surface area contributed by atoms with Crippen LogP contribution in [-0.4, -0.2) is 24.1 Å². The maximum atomic E-state index is 11.5. The van der Waals surface area contributed by atoms with Crippen LogP contribution in [0, 0.1) is 20.2 Å². The van der Waals surface area contributed by atoms with Gasteiger partial charge in [0, 0.05) is 56.3 Å². The third-order valence-corrected chi connectivity index (χ3v) is 6.51. The molecular weight excluding hydrogens is 468 g/mol. The standard InChI is InChI=1S/C26H20N2O6S/c1-33-23-9-5-3-7-19(23)21-15-17(27(29)30)11-13-25(21)35-26-14-12-18(28(31)32)16-22(26)20-8-4-6-10-24(20)34-2/h3-16H,1-2H3. The number of nitro benzene ring substituents is 2. The molecule has 0 aliphatic heterocycles. The summed E-state index contributed by atoms with van der Waals surface area (Å²) in [6.45, 7) is 0. The molecule has 176 valence electrons. The van der Waals surface area contributed by atoms with Crippen LogP contribution >= 0.6 is 11.8 Å². The lowest BCUT2D eigenvalue weighted by molar-refractivity contribution is -0.385. The highest BCUT2D eigenvalue weighted by Gasteiger charge is 2.20. The molecule has 0 radical (unpaired) electrons. The van der Waals surface area contributed by atoms with Crippen molar-refractivity contribution in [2.24, 2.45) is 0 Å². The zero-order valence-electron chi connectivity index (χ0n) is 18.8. The highest BCUT2D eigenvalue weighted by molar-refractivity contribution is 7.99. The maximum absolute atomic E-state index is 11.5. The van der Waals surface area contributed by atoms with Gasteiger partial charge in [-0.25, -0.2) is 0 Å². The van der Waals surface area contributed by atoms with Gasteiger partial charge in [0.15, 0.2) is 0 Å². The van der Waals surface area contributed by atoms with E-state index < -0.39 is 9.85 Å². The molecule has 4 rings (SSSR count). The summed E-state index contributed by atoms with van der Waals surface area (Å²) in [7, 11) is 3.08.